The lowest BCUT2D eigenvalue weighted by Gasteiger charge is -2.26. The minimum Gasteiger partial charge on any atom is -0.379 e. The molecule has 0 saturated carbocycles. The Bertz CT molecular complexity index is 1220. The molecule has 1 aliphatic rings. The van der Waals surface area contributed by atoms with Gasteiger partial charge >= 0.3 is 0 Å². The first-order chi connectivity index (χ1) is 17.2. The van der Waals surface area contributed by atoms with Gasteiger partial charge in [-0.2, -0.15) is 0 Å². The highest BCUT2D eigenvalue weighted by molar-refractivity contribution is 7.13. The lowest BCUT2D eigenvalue weighted by Crippen LogP contribution is -2.35. The van der Waals surface area contributed by atoms with Gasteiger partial charge in [-0.05, 0) is 23.3 Å². The molecule has 6 heteroatoms. The summed E-state index contributed by atoms with van der Waals surface area (Å²) in [5, 5.41) is 2.95. The molecular formula is C29H29N3O2S. The number of para-hydroxylation sites is 1. The zero-order valence-corrected chi connectivity index (χ0v) is 20.5. The molecule has 1 saturated heterocycles. The van der Waals surface area contributed by atoms with Crippen molar-refractivity contribution in [2.24, 2.45) is 0 Å². The van der Waals surface area contributed by atoms with E-state index in [9.17, 15) is 4.79 Å². The van der Waals surface area contributed by atoms with Gasteiger partial charge in [-0.25, -0.2) is 4.98 Å². The van der Waals surface area contributed by atoms with Gasteiger partial charge in [-0.3, -0.25) is 9.69 Å². The van der Waals surface area contributed by atoms with Crippen molar-refractivity contribution < 1.29 is 9.53 Å². The molecule has 1 amide bonds. The van der Waals surface area contributed by atoms with Crippen LogP contribution in [0.5, 0.6) is 0 Å². The summed E-state index contributed by atoms with van der Waals surface area (Å²) in [4.78, 5) is 22.4. The first kappa shape index (κ1) is 23.4. The van der Waals surface area contributed by atoms with Crippen molar-refractivity contribution in [3.63, 3.8) is 0 Å². The smallest absolute Gasteiger partial charge is 0.233 e. The molecule has 0 unspecified atom stereocenters. The number of thiazole rings is 1. The molecule has 35 heavy (non-hydrogen) atoms. The van der Waals surface area contributed by atoms with Gasteiger partial charge in [0.05, 0.1) is 31.9 Å². The van der Waals surface area contributed by atoms with Crippen LogP contribution in [-0.4, -0.2) is 42.1 Å². The SMILES string of the molecule is O=C(Cc1csc(-c2ccc(CN3CCOCC3)cc2)n1)N(Cc1ccccc1)c1ccccc1. The van der Waals surface area contributed by atoms with Gasteiger partial charge in [0.25, 0.3) is 0 Å². The van der Waals surface area contributed by atoms with E-state index in [1.807, 2.05) is 70.9 Å². The number of hydrogen-bond acceptors (Lipinski definition) is 5. The van der Waals surface area contributed by atoms with E-state index in [0.29, 0.717) is 6.54 Å². The minimum atomic E-state index is 0.0396. The Morgan fingerprint density at radius 3 is 2.29 bits per heavy atom. The highest BCUT2D eigenvalue weighted by atomic mass is 32.1. The number of morpholine rings is 1. The van der Waals surface area contributed by atoms with Gasteiger partial charge in [0.1, 0.15) is 5.01 Å². The molecule has 0 N–H and O–H groups in total. The normalized spacial score (nSPS) is 14.1. The Kier molecular flexibility index (Phi) is 7.63. The summed E-state index contributed by atoms with van der Waals surface area (Å²) in [5.74, 6) is 0.0396. The average Bonchev–Trinajstić information content (AvgIpc) is 3.38. The second kappa shape index (κ2) is 11.4. The number of ether oxygens (including phenoxy) is 1. The van der Waals surface area contributed by atoms with Gasteiger partial charge < -0.3 is 9.64 Å². The molecule has 2 heterocycles. The molecular weight excluding hydrogens is 454 g/mol. The van der Waals surface area contributed by atoms with Crippen molar-refractivity contribution in [1.29, 1.82) is 0 Å². The van der Waals surface area contributed by atoms with Crippen molar-refractivity contribution in [2.45, 2.75) is 19.5 Å². The van der Waals surface area contributed by atoms with Crippen molar-refractivity contribution in [1.82, 2.24) is 9.88 Å². The zero-order valence-electron chi connectivity index (χ0n) is 19.7. The molecule has 0 aliphatic carbocycles. The lowest BCUT2D eigenvalue weighted by atomic mass is 10.1. The Morgan fingerprint density at radius 2 is 1.57 bits per heavy atom. The summed E-state index contributed by atoms with van der Waals surface area (Å²) in [6, 6.07) is 28.5. The molecule has 5 nitrogen and oxygen atoms in total. The van der Waals surface area contributed by atoms with E-state index in [0.717, 1.165) is 60.4 Å². The standard InChI is InChI=1S/C29H29N3O2S/c33-28(32(27-9-5-2-6-10-27)21-23-7-3-1-4-8-23)19-26-22-35-29(30-26)25-13-11-24(12-14-25)20-31-15-17-34-18-16-31/h1-14,22H,15-21H2. The highest BCUT2D eigenvalue weighted by Gasteiger charge is 2.18. The summed E-state index contributed by atoms with van der Waals surface area (Å²) >= 11 is 1.59. The van der Waals surface area contributed by atoms with Gasteiger partial charge in [-0.1, -0.05) is 72.8 Å². The van der Waals surface area contributed by atoms with E-state index >= 15 is 0 Å². The number of amides is 1. The second-order valence-corrected chi connectivity index (χ2v) is 9.57. The van der Waals surface area contributed by atoms with Crippen molar-refractivity contribution in [2.75, 3.05) is 31.2 Å². The fourth-order valence-corrected chi connectivity index (χ4v) is 5.06. The van der Waals surface area contributed by atoms with Crippen LogP contribution in [-0.2, 0) is 29.0 Å². The topological polar surface area (TPSA) is 45.7 Å². The molecule has 1 fully saturated rings. The van der Waals surface area contributed by atoms with Crippen LogP contribution in [0.3, 0.4) is 0 Å². The number of nitrogens with zero attached hydrogens (tertiary/aromatic N) is 3. The number of benzene rings is 3. The van der Waals surface area contributed by atoms with Crippen LogP contribution in [0.15, 0.2) is 90.3 Å². The van der Waals surface area contributed by atoms with Gasteiger partial charge in [0, 0.05) is 36.3 Å². The third kappa shape index (κ3) is 6.22. The van der Waals surface area contributed by atoms with Crippen molar-refractivity contribution in [3.05, 3.63) is 107 Å². The number of carbonyl (C=O) groups excluding carboxylic acids is 1. The highest BCUT2D eigenvalue weighted by Crippen LogP contribution is 2.26. The third-order valence-electron chi connectivity index (χ3n) is 6.15. The van der Waals surface area contributed by atoms with E-state index < -0.39 is 0 Å². The minimum absolute atomic E-state index is 0.0396. The average molecular weight is 484 g/mol. The van der Waals surface area contributed by atoms with Crippen LogP contribution in [0.2, 0.25) is 0 Å². The molecule has 3 aromatic carbocycles. The summed E-state index contributed by atoms with van der Waals surface area (Å²) in [6.07, 6.45) is 0.271. The maximum atomic E-state index is 13.4. The first-order valence-corrected chi connectivity index (χ1v) is 12.9. The summed E-state index contributed by atoms with van der Waals surface area (Å²) in [7, 11) is 0. The predicted molar refractivity (Wildman–Crippen MR) is 141 cm³/mol. The molecule has 0 atom stereocenters. The molecule has 0 bridgehead atoms. The molecule has 0 radical (unpaired) electrons. The van der Waals surface area contributed by atoms with E-state index in [-0.39, 0.29) is 12.3 Å². The van der Waals surface area contributed by atoms with Crippen LogP contribution < -0.4 is 4.90 Å². The van der Waals surface area contributed by atoms with Crippen molar-refractivity contribution >= 4 is 22.9 Å². The number of hydrogen-bond donors (Lipinski definition) is 0. The molecule has 1 aromatic heterocycles. The summed E-state index contributed by atoms with van der Waals surface area (Å²) in [5.41, 5.74) is 5.18. The Hall–Kier alpha value is -3.32. The number of rotatable bonds is 8. The van der Waals surface area contributed by atoms with Gasteiger partial charge in [0.2, 0.25) is 5.91 Å². The Balaban J connectivity index is 1.26. The predicted octanol–water partition coefficient (Wildman–Crippen LogP) is 5.42. The van der Waals surface area contributed by atoms with Crippen LogP contribution in [0.4, 0.5) is 5.69 Å². The Morgan fingerprint density at radius 1 is 0.886 bits per heavy atom. The molecule has 0 spiro atoms. The zero-order chi connectivity index (χ0) is 23.9. The van der Waals surface area contributed by atoms with E-state index in [4.69, 9.17) is 9.72 Å². The Labute approximate surface area is 210 Å². The van der Waals surface area contributed by atoms with Crippen LogP contribution in [0.1, 0.15) is 16.8 Å². The quantitative estimate of drug-likeness (QED) is 0.336. The number of anilines is 1. The maximum Gasteiger partial charge on any atom is 0.233 e. The largest absolute Gasteiger partial charge is 0.379 e. The summed E-state index contributed by atoms with van der Waals surface area (Å²) < 4.78 is 5.44. The molecule has 5 rings (SSSR count). The fraction of sp³-hybridized carbons (Fsp3) is 0.241. The van der Waals surface area contributed by atoms with Crippen LogP contribution >= 0.6 is 11.3 Å². The third-order valence-corrected chi connectivity index (χ3v) is 7.09. The van der Waals surface area contributed by atoms with E-state index in [2.05, 4.69) is 29.2 Å². The van der Waals surface area contributed by atoms with Crippen LogP contribution in [0, 0.1) is 0 Å². The van der Waals surface area contributed by atoms with E-state index in [1.54, 1.807) is 11.3 Å². The van der Waals surface area contributed by atoms with Crippen molar-refractivity contribution in [3.8, 4) is 10.6 Å². The fourth-order valence-electron chi connectivity index (χ4n) is 4.24. The van der Waals surface area contributed by atoms with Gasteiger partial charge in [-0.15, -0.1) is 11.3 Å². The maximum absolute atomic E-state index is 13.4. The molecule has 1 aliphatic heterocycles. The monoisotopic (exact) mass is 483 g/mol. The number of aromatic nitrogens is 1. The number of carbonyl (C=O) groups is 1. The first-order valence-electron chi connectivity index (χ1n) is 12.0. The summed E-state index contributed by atoms with van der Waals surface area (Å²) in [6.45, 7) is 5.06. The van der Waals surface area contributed by atoms with Gasteiger partial charge in [0.15, 0.2) is 0 Å². The van der Waals surface area contributed by atoms with Crippen LogP contribution in [0.25, 0.3) is 10.6 Å². The van der Waals surface area contributed by atoms with E-state index in [1.165, 1.54) is 5.56 Å². The molecule has 178 valence electrons. The second-order valence-electron chi connectivity index (χ2n) is 8.71. The lowest BCUT2D eigenvalue weighted by molar-refractivity contribution is -0.118. The molecule has 4 aromatic rings.